The first-order valence-electron chi connectivity index (χ1n) is 6.02. The van der Waals surface area contributed by atoms with E-state index >= 15 is 0 Å². The third-order valence-corrected chi connectivity index (χ3v) is 2.82. The van der Waals surface area contributed by atoms with Crippen LogP contribution in [-0.4, -0.2) is 48.9 Å². The SMILES string of the molecule is COC(=O)CC(C)C(=O)OCCN1C(=O)CCC1=O. The Balaban J connectivity index is 2.28. The molecule has 7 heteroatoms. The van der Waals surface area contributed by atoms with Gasteiger partial charge in [-0.15, -0.1) is 0 Å². The van der Waals surface area contributed by atoms with E-state index < -0.39 is 17.9 Å². The van der Waals surface area contributed by atoms with Crippen molar-refractivity contribution in [3.63, 3.8) is 0 Å². The lowest BCUT2D eigenvalue weighted by Gasteiger charge is -2.15. The molecule has 0 radical (unpaired) electrons. The first-order valence-corrected chi connectivity index (χ1v) is 6.02. The molecule has 0 spiro atoms. The Morgan fingerprint density at radius 2 is 1.84 bits per heavy atom. The number of imide groups is 1. The summed E-state index contributed by atoms with van der Waals surface area (Å²) < 4.78 is 9.36. The van der Waals surface area contributed by atoms with Gasteiger partial charge in [0.2, 0.25) is 11.8 Å². The molecule has 0 N–H and O–H groups in total. The van der Waals surface area contributed by atoms with Gasteiger partial charge in [-0.3, -0.25) is 24.1 Å². The van der Waals surface area contributed by atoms with Gasteiger partial charge in [0.15, 0.2) is 0 Å². The second-order valence-electron chi connectivity index (χ2n) is 4.29. The van der Waals surface area contributed by atoms with E-state index in [1.807, 2.05) is 0 Å². The number of hydrogen-bond acceptors (Lipinski definition) is 6. The molecule has 1 atom stereocenters. The predicted molar refractivity (Wildman–Crippen MR) is 62.7 cm³/mol. The maximum Gasteiger partial charge on any atom is 0.309 e. The van der Waals surface area contributed by atoms with Crippen molar-refractivity contribution in [3.05, 3.63) is 0 Å². The standard InChI is InChI=1S/C12H17NO6/c1-8(7-11(16)18-2)12(17)19-6-5-13-9(14)3-4-10(13)15/h8H,3-7H2,1-2H3. The molecule has 0 aromatic rings. The van der Waals surface area contributed by atoms with Crippen LogP contribution < -0.4 is 0 Å². The van der Waals surface area contributed by atoms with E-state index in [9.17, 15) is 19.2 Å². The molecule has 7 nitrogen and oxygen atoms in total. The summed E-state index contributed by atoms with van der Waals surface area (Å²) in [7, 11) is 1.24. The van der Waals surface area contributed by atoms with Gasteiger partial charge >= 0.3 is 11.9 Å². The van der Waals surface area contributed by atoms with Crippen LogP contribution in [0.1, 0.15) is 26.2 Å². The molecule has 1 fully saturated rings. The van der Waals surface area contributed by atoms with E-state index in [2.05, 4.69) is 4.74 Å². The number of likely N-dealkylation sites (tertiary alicyclic amines) is 1. The monoisotopic (exact) mass is 271 g/mol. The number of carbonyl (C=O) groups is 4. The first-order chi connectivity index (χ1) is 8.95. The number of carbonyl (C=O) groups excluding carboxylic acids is 4. The number of nitrogens with zero attached hydrogens (tertiary/aromatic N) is 1. The Morgan fingerprint density at radius 3 is 2.37 bits per heavy atom. The average Bonchev–Trinajstić information content (AvgIpc) is 2.69. The van der Waals surface area contributed by atoms with Crippen molar-refractivity contribution in [2.45, 2.75) is 26.2 Å². The normalized spacial score (nSPS) is 16.4. The van der Waals surface area contributed by atoms with Gasteiger partial charge in [-0.05, 0) is 0 Å². The van der Waals surface area contributed by atoms with Gasteiger partial charge < -0.3 is 9.47 Å². The molecule has 0 aromatic carbocycles. The molecular formula is C12H17NO6. The van der Waals surface area contributed by atoms with Crippen LogP contribution in [0.15, 0.2) is 0 Å². The zero-order valence-electron chi connectivity index (χ0n) is 11.0. The molecule has 1 aliphatic heterocycles. The average molecular weight is 271 g/mol. The summed E-state index contributed by atoms with van der Waals surface area (Å²) in [6, 6.07) is 0. The van der Waals surface area contributed by atoms with E-state index in [1.165, 1.54) is 7.11 Å². The highest BCUT2D eigenvalue weighted by Crippen LogP contribution is 2.11. The third kappa shape index (κ3) is 4.35. The summed E-state index contributed by atoms with van der Waals surface area (Å²) in [4.78, 5) is 46.1. The summed E-state index contributed by atoms with van der Waals surface area (Å²) in [5, 5.41) is 0. The zero-order chi connectivity index (χ0) is 14.4. The number of methoxy groups -OCH3 is 1. The fourth-order valence-corrected chi connectivity index (χ4v) is 1.67. The van der Waals surface area contributed by atoms with Crippen LogP contribution in [0.25, 0.3) is 0 Å². The molecule has 1 unspecified atom stereocenters. The van der Waals surface area contributed by atoms with E-state index in [4.69, 9.17) is 4.74 Å². The lowest BCUT2D eigenvalue weighted by atomic mass is 10.1. The summed E-state index contributed by atoms with van der Waals surface area (Å²) in [5.74, 6) is -2.15. The Hall–Kier alpha value is -1.92. The van der Waals surface area contributed by atoms with E-state index in [-0.39, 0.29) is 44.2 Å². The second-order valence-corrected chi connectivity index (χ2v) is 4.29. The summed E-state index contributed by atoms with van der Waals surface area (Å²) in [6.45, 7) is 1.56. The minimum atomic E-state index is -0.613. The molecule has 0 bridgehead atoms. The smallest absolute Gasteiger partial charge is 0.309 e. The molecule has 2 amide bonds. The van der Waals surface area contributed by atoms with Crippen molar-refractivity contribution < 1.29 is 28.7 Å². The molecule has 106 valence electrons. The Bertz CT molecular complexity index is 376. The minimum Gasteiger partial charge on any atom is -0.469 e. The van der Waals surface area contributed by atoms with Gasteiger partial charge in [0.05, 0.1) is 26.0 Å². The van der Waals surface area contributed by atoms with Gasteiger partial charge in [-0.1, -0.05) is 6.92 Å². The van der Waals surface area contributed by atoms with Crippen molar-refractivity contribution in [1.82, 2.24) is 4.90 Å². The number of esters is 2. The Kier molecular flexibility index (Phi) is 5.47. The quantitative estimate of drug-likeness (QED) is 0.494. The van der Waals surface area contributed by atoms with Crippen LogP contribution in [0.5, 0.6) is 0 Å². The van der Waals surface area contributed by atoms with Crippen molar-refractivity contribution in [1.29, 1.82) is 0 Å². The third-order valence-electron chi connectivity index (χ3n) is 2.82. The molecule has 1 heterocycles. The van der Waals surface area contributed by atoms with Gasteiger partial charge in [-0.2, -0.15) is 0 Å². The summed E-state index contributed by atoms with van der Waals surface area (Å²) >= 11 is 0. The molecule has 0 saturated carbocycles. The number of rotatable bonds is 6. The second kappa shape index (κ2) is 6.86. The first kappa shape index (κ1) is 15.1. The topological polar surface area (TPSA) is 90.0 Å². The summed E-state index contributed by atoms with van der Waals surface area (Å²) in [6.07, 6.45) is 0.369. The van der Waals surface area contributed by atoms with E-state index in [0.29, 0.717) is 0 Å². The predicted octanol–water partition coefficient (Wildman–Crippen LogP) is -0.122. The van der Waals surface area contributed by atoms with Crippen molar-refractivity contribution >= 4 is 23.8 Å². The molecular weight excluding hydrogens is 254 g/mol. The molecule has 1 saturated heterocycles. The highest BCUT2D eigenvalue weighted by atomic mass is 16.5. The van der Waals surface area contributed by atoms with Crippen molar-refractivity contribution in [3.8, 4) is 0 Å². The van der Waals surface area contributed by atoms with Crippen LogP contribution >= 0.6 is 0 Å². The van der Waals surface area contributed by atoms with Crippen LogP contribution in [-0.2, 0) is 28.7 Å². The van der Waals surface area contributed by atoms with Gasteiger partial charge in [-0.25, -0.2) is 0 Å². The van der Waals surface area contributed by atoms with Crippen molar-refractivity contribution in [2.75, 3.05) is 20.3 Å². The number of hydrogen-bond donors (Lipinski definition) is 0. The lowest BCUT2D eigenvalue weighted by molar-refractivity contribution is -0.154. The number of amides is 2. The van der Waals surface area contributed by atoms with Gasteiger partial charge in [0, 0.05) is 12.8 Å². The molecule has 19 heavy (non-hydrogen) atoms. The van der Waals surface area contributed by atoms with E-state index in [1.54, 1.807) is 6.92 Å². The largest absolute Gasteiger partial charge is 0.469 e. The van der Waals surface area contributed by atoms with Crippen LogP contribution in [0.2, 0.25) is 0 Å². The maximum atomic E-state index is 11.5. The molecule has 1 aliphatic rings. The van der Waals surface area contributed by atoms with Gasteiger partial charge in [0.1, 0.15) is 6.61 Å². The Labute approximate surface area is 110 Å². The summed E-state index contributed by atoms with van der Waals surface area (Å²) in [5.41, 5.74) is 0. The lowest BCUT2D eigenvalue weighted by Crippen LogP contribution is -2.33. The van der Waals surface area contributed by atoms with E-state index in [0.717, 1.165) is 4.90 Å². The molecule has 0 aliphatic carbocycles. The fourth-order valence-electron chi connectivity index (χ4n) is 1.67. The highest BCUT2D eigenvalue weighted by Gasteiger charge is 2.28. The molecule has 0 aromatic heterocycles. The number of ether oxygens (including phenoxy) is 2. The minimum absolute atomic E-state index is 0.0537. The van der Waals surface area contributed by atoms with Crippen molar-refractivity contribution in [2.24, 2.45) is 5.92 Å². The van der Waals surface area contributed by atoms with Gasteiger partial charge in [0.25, 0.3) is 0 Å². The fraction of sp³-hybridized carbons (Fsp3) is 0.667. The van der Waals surface area contributed by atoms with Crippen LogP contribution in [0.4, 0.5) is 0 Å². The van der Waals surface area contributed by atoms with Crippen LogP contribution in [0, 0.1) is 5.92 Å². The molecule has 1 rings (SSSR count). The Morgan fingerprint density at radius 1 is 1.26 bits per heavy atom. The van der Waals surface area contributed by atoms with Crippen LogP contribution in [0.3, 0.4) is 0 Å². The zero-order valence-corrected chi connectivity index (χ0v) is 11.0. The maximum absolute atomic E-state index is 11.5. The highest BCUT2D eigenvalue weighted by molar-refractivity contribution is 6.01.